The summed E-state index contributed by atoms with van der Waals surface area (Å²) in [4.78, 5) is 11.1. The minimum Gasteiger partial charge on any atom is -0.338 e. The Morgan fingerprint density at radius 2 is 2.06 bits per heavy atom. The highest BCUT2D eigenvalue weighted by Crippen LogP contribution is 2.36. The van der Waals surface area contributed by atoms with Crippen molar-refractivity contribution in [3.05, 3.63) is 18.0 Å². The first-order valence-electron chi connectivity index (χ1n) is 6.88. The van der Waals surface area contributed by atoms with E-state index in [4.69, 9.17) is 5.26 Å². The predicted molar refractivity (Wildman–Crippen MR) is 69.1 cm³/mol. The number of nitrogens with zero attached hydrogens (tertiary/aromatic N) is 4. The van der Waals surface area contributed by atoms with Crippen molar-refractivity contribution in [3.63, 3.8) is 0 Å². The second-order valence-corrected chi connectivity index (χ2v) is 5.30. The number of hydrogen-bond acceptors (Lipinski definition) is 4. The summed E-state index contributed by atoms with van der Waals surface area (Å²) in [5.74, 6) is 1.56. The molecule has 18 heavy (non-hydrogen) atoms. The fourth-order valence-corrected chi connectivity index (χ4v) is 3.42. The van der Waals surface area contributed by atoms with Crippen LogP contribution in [0.15, 0.2) is 12.3 Å². The van der Waals surface area contributed by atoms with Gasteiger partial charge in [-0.25, -0.2) is 9.97 Å². The lowest BCUT2D eigenvalue weighted by Crippen LogP contribution is -2.47. The van der Waals surface area contributed by atoms with Gasteiger partial charge in [0.25, 0.3) is 0 Å². The third kappa shape index (κ3) is 2.05. The van der Waals surface area contributed by atoms with Crippen LogP contribution in [0.1, 0.15) is 44.2 Å². The molecule has 94 valence electrons. The zero-order chi connectivity index (χ0) is 12.4. The predicted octanol–water partition coefficient (Wildman–Crippen LogP) is 2.51. The summed E-state index contributed by atoms with van der Waals surface area (Å²) < 4.78 is 0. The van der Waals surface area contributed by atoms with Gasteiger partial charge in [-0.2, -0.15) is 5.26 Å². The van der Waals surface area contributed by atoms with Crippen molar-refractivity contribution in [1.29, 1.82) is 5.26 Å². The van der Waals surface area contributed by atoms with Gasteiger partial charge in [-0.15, -0.1) is 0 Å². The van der Waals surface area contributed by atoms with E-state index in [0.29, 0.717) is 11.7 Å². The normalized spacial score (nSPS) is 27.4. The number of fused-ring (bicyclic) bond motifs is 1. The monoisotopic (exact) mass is 242 g/mol. The molecule has 2 fully saturated rings. The third-order valence-electron chi connectivity index (χ3n) is 4.26. The molecule has 2 atom stereocenters. The molecule has 1 aliphatic heterocycles. The van der Waals surface area contributed by atoms with E-state index in [1.54, 1.807) is 12.3 Å². The van der Waals surface area contributed by atoms with E-state index in [1.165, 1.54) is 38.5 Å². The van der Waals surface area contributed by atoms with Gasteiger partial charge < -0.3 is 4.90 Å². The standard InChI is InChI=1S/C14H18N4/c15-10-12-7-8-16-14(17-12)18-9-3-5-11-4-1-2-6-13(11)18/h7-8,11,13H,1-6,9H2/t11-,13-/m1/s1. The summed E-state index contributed by atoms with van der Waals surface area (Å²) in [6.45, 7) is 1.04. The van der Waals surface area contributed by atoms with Crippen LogP contribution in [0.4, 0.5) is 5.95 Å². The summed E-state index contributed by atoms with van der Waals surface area (Å²) in [5.41, 5.74) is 0.470. The summed E-state index contributed by atoms with van der Waals surface area (Å²) in [5, 5.41) is 8.93. The number of nitriles is 1. The minimum atomic E-state index is 0.470. The van der Waals surface area contributed by atoms with Crippen LogP contribution >= 0.6 is 0 Å². The Balaban J connectivity index is 1.87. The van der Waals surface area contributed by atoms with E-state index in [2.05, 4.69) is 20.9 Å². The van der Waals surface area contributed by atoms with Crippen molar-refractivity contribution in [3.8, 4) is 6.07 Å². The molecule has 2 aliphatic rings. The van der Waals surface area contributed by atoms with E-state index in [-0.39, 0.29) is 0 Å². The van der Waals surface area contributed by atoms with Crippen LogP contribution in [-0.2, 0) is 0 Å². The average molecular weight is 242 g/mol. The van der Waals surface area contributed by atoms with Crippen LogP contribution in [0.5, 0.6) is 0 Å². The molecule has 0 aromatic carbocycles. The Hall–Kier alpha value is -1.63. The van der Waals surface area contributed by atoms with Crippen molar-refractivity contribution in [2.75, 3.05) is 11.4 Å². The summed E-state index contributed by atoms with van der Waals surface area (Å²) >= 11 is 0. The van der Waals surface area contributed by atoms with Crippen LogP contribution in [0.25, 0.3) is 0 Å². The van der Waals surface area contributed by atoms with Gasteiger partial charge in [0.1, 0.15) is 11.8 Å². The molecule has 0 amide bonds. The van der Waals surface area contributed by atoms with Crippen LogP contribution in [0.3, 0.4) is 0 Å². The molecule has 1 saturated heterocycles. The van der Waals surface area contributed by atoms with Gasteiger partial charge in [-0.1, -0.05) is 12.8 Å². The highest BCUT2D eigenvalue weighted by Gasteiger charge is 2.34. The zero-order valence-electron chi connectivity index (χ0n) is 10.5. The van der Waals surface area contributed by atoms with Crippen LogP contribution in [0, 0.1) is 17.2 Å². The summed E-state index contributed by atoms with van der Waals surface area (Å²) in [6, 6.07) is 4.37. The molecule has 0 unspecified atom stereocenters. The number of hydrogen-bond donors (Lipinski definition) is 0. The van der Waals surface area contributed by atoms with E-state index in [1.807, 2.05) is 0 Å². The van der Waals surface area contributed by atoms with Crippen molar-refractivity contribution in [2.45, 2.75) is 44.6 Å². The Kier molecular flexibility index (Phi) is 3.14. The van der Waals surface area contributed by atoms with Gasteiger partial charge in [0.15, 0.2) is 0 Å². The molecule has 1 saturated carbocycles. The van der Waals surface area contributed by atoms with Gasteiger partial charge >= 0.3 is 0 Å². The third-order valence-corrected chi connectivity index (χ3v) is 4.26. The van der Waals surface area contributed by atoms with Gasteiger partial charge in [-0.05, 0) is 37.7 Å². The maximum absolute atomic E-state index is 8.93. The molecule has 3 rings (SSSR count). The first-order chi connectivity index (χ1) is 8.88. The second-order valence-electron chi connectivity index (χ2n) is 5.30. The second kappa shape index (κ2) is 4.93. The SMILES string of the molecule is N#Cc1ccnc(N2CCC[C@H]3CCCC[C@H]32)n1. The van der Waals surface area contributed by atoms with Gasteiger partial charge in [0.05, 0.1) is 0 Å². The lowest BCUT2D eigenvalue weighted by molar-refractivity contribution is 0.241. The highest BCUT2D eigenvalue weighted by molar-refractivity contribution is 5.36. The topological polar surface area (TPSA) is 52.8 Å². The maximum Gasteiger partial charge on any atom is 0.226 e. The Morgan fingerprint density at radius 1 is 1.22 bits per heavy atom. The van der Waals surface area contributed by atoms with E-state index in [9.17, 15) is 0 Å². The van der Waals surface area contributed by atoms with Crippen molar-refractivity contribution >= 4 is 5.95 Å². The lowest BCUT2D eigenvalue weighted by atomic mass is 9.78. The fraction of sp³-hybridized carbons (Fsp3) is 0.643. The van der Waals surface area contributed by atoms with Crippen LogP contribution in [-0.4, -0.2) is 22.6 Å². The average Bonchev–Trinajstić information content (AvgIpc) is 2.47. The van der Waals surface area contributed by atoms with Gasteiger partial charge in [0, 0.05) is 18.8 Å². The van der Waals surface area contributed by atoms with E-state index in [0.717, 1.165) is 18.4 Å². The van der Waals surface area contributed by atoms with Crippen molar-refractivity contribution in [2.24, 2.45) is 5.92 Å². The molecule has 4 nitrogen and oxygen atoms in total. The van der Waals surface area contributed by atoms with Crippen molar-refractivity contribution in [1.82, 2.24) is 9.97 Å². The number of piperidine rings is 1. The van der Waals surface area contributed by atoms with Gasteiger partial charge in [0.2, 0.25) is 5.95 Å². The lowest BCUT2D eigenvalue weighted by Gasteiger charge is -2.44. The molecule has 0 radical (unpaired) electrons. The largest absolute Gasteiger partial charge is 0.338 e. The molecular weight excluding hydrogens is 224 g/mol. The molecule has 1 aliphatic carbocycles. The van der Waals surface area contributed by atoms with E-state index < -0.39 is 0 Å². The molecule has 2 heterocycles. The Morgan fingerprint density at radius 3 is 2.94 bits per heavy atom. The first-order valence-corrected chi connectivity index (χ1v) is 6.88. The molecule has 1 aromatic heterocycles. The van der Waals surface area contributed by atoms with Gasteiger partial charge in [-0.3, -0.25) is 0 Å². The smallest absolute Gasteiger partial charge is 0.226 e. The molecule has 0 bridgehead atoms. The number of anilines is 1. The van der Waals surface area contributed by atoms with Crippen molar-refractivity contribution < 1.29 is 0 Å². The fourth-order valence-electron chi connectivity index (χ4n) is 3.42. The summed E-state index contributed by atoms with van der Waals surface area (Å²) in [6.07, 6.45) is 9.56. The van der Waals surface area contributed by atoms with Crippen LogP contribution < -0.4 is 4.90 Å². The molecule has 0 N–H and O–H groups in total. The Bertz CT molecular complexity index is 463. The molecular formula is C14H18N4. The number of rotatable bonds is 1. The Labute approximate surface area is 108 Å². The number of aromatic nitrogens is 2. The molecule has 1 aromatic rings. The molecule has 0 spiro atoms. The summed E-state index contributed by atoms with van der Waals surface area (Å²) in [7, 11) is 0. The minimum absolute atomic E-state index is 0.470. The quantitative estimate of drug-likeness (QED) is 0.759. The first kappa shape index (κ1) is 11.5. The molecule has 4 heteroatoms. The van der Waals surface area contributed by atoms with Crippen LogP contribution in [0.2, 0.25) is 0 Å². The zero-order valence-corrected chi connectivity index (χ0v) is 10.5. The maximum atomic E-state index is 8.93. The highest BCUT2D eigenvalue weighted by atomic mass is 15.3. The van der Waals surface area contributed by atoms with E-state index >= 15 is 0 Å².